The van der Waals surface area contributed by atoms with Crippen molar-refractivity contribution in [2.45, 2.75) is 92.0 Å². The van der Waals surface area contributed by atoms with Gasteiger partial charge in [0.2, 0.25) is 11.8 Å². The molecule has 0 saturated heterocycles. The third-order valence-electron chi connectivity index (χ3n) is 5.66. The van der Waals surface area contributed by atoms with Gasteiger partial charge in [-0.2, -0.15) is 0 Å². The van der Waals surface area contributed by atoms with Crippen molar-refractivity contribution in [3.63, 3.8) is 0 Å². The molecule has 0 aliphatic rings. The number of amides is 3. The fraction of sp³-hybridized carbons (Fsp3) is 0.531. The summed E-state index contributed by atoms with van der Waals surface area (Å²) >= 11 is 1.98. The first kappa shape index (κ1) is 36.3. The van der Waals surface area contributed by atoms with E-state index in [2.05, 4.69) is 16.0 Å². The van der Waals surface area contributed by atoms with E-state index in [0.29, 0.717) is 28.1 Å². The van der Waals surface area contributed by atoms with Crippen LogP contribution in [0.15, 0.2) is 42.5 Å². The van der Waals surface area contributed by atoms with Crippen LogP contribution in [-0.4, -0.2) is 48.4 Å². The predicted octanol–water partition coefficient (Wildman–Crippen LogP) is 6.75. The molecule has 0 spiro atoms. The lowest BCUT2D eigenvalue weighted by molar-refractivity contribution is -0.128. The summed E-state index contributed by atoms with van der Waals surface area (Å²) in [5, 5.41) is 7.98. The van der Waals surface area contributed by atoms with Gasteiger partial charge >= 0.3 is 6.09 Å². The largest absolute Gasteiger partial charge is 0.491 e. The average molecular weight is 714 g/mol. The van der Waals surface area contributed by atoms with E-state index in [1.54, 1.807) is 51.1 Å². The summed E-state index contributed by atoms with van der Waals surface area (Å²) in [6.07, 6.45) is -0.552. The van der Waals surface area contributed by atoms with Gasteiger partial charge in [0.1, 0.15) is 35.9 Å². The Morgan fingerprint density at radius 2 is 1.47 bits per heavy atom. The SMILES string of the molecule is CC(C)(C)C[C@H](NC(=O)C(NC(=O)OC(C)(C)C)c1ccc(OCCOC(C)(C)C)cc1)C(=O)Nc1ccc(I)cc1F. The molecule has 0 radical (unpaired) electrons. The summed E-state index contributed by atoms with van der Waals surface area (Å²) < 4.78 is 32.0. The Morgan fingerprint density at radius 1 is 0.837 bits per heavy atom. The Labute approximate surface area is 268 Å². The zero-order chi connectivity index (χ0) is 32.6. The fourth-order valence-corrected chi connectivity index (χ4v) is 4.33. The summed E-state index contributed by atoms with van der Waals surface area (Å²) in [5.74, 6) is -1.24. The second kappa shape index (κ2) is 15.2. The van der Waals surface area contributed by atoms with E-state index >= 15 is 0 Å². The Bertz CT molecular complexity index is 1250. The van der Waals surface area contributed by atoms with Crippen LogP contribution in [0.3, 0.4) is 0 Å². The number of rotatable bonds is 11. The molecule has 3 N–H and O–H groups in total. The quantitative estimate of drug-likeness (QED) is 0.176. The highest BCUT2D eigenvalue weighted by Gasteiger charge is 2.32. The minimum atomic E-state index is -1.20. The molecule has 2 rings (SSSR count). The first-order valence-corrected chi connectivity index (χ1v) is 15.2. The summed E-state index contributed by atoms with van der Waals surface area (Å²) in [6, 6.07) is 8.89. The van der Waals surface area contributed by atoms with Gasteiger partial charge < -0.3 is 30.2 Å². The van der Waals surface area contributed by atoms with Crippen LogP contribution in [0.5, 0.6) is 5.75 Å². The number of carbonyl (C=O) groups is 3. The third kappa shape index (κ3) is 13.9. The predicted molar refractivity (Wildman–Crippen MR) is 174 cm³/mol. The van der Waals surface area contributed by atoms with E-state index < -0.39 is 41.4 Å². The van der Waals surface area contributed by atoms with Gasteiger partial charge in [-0.3, -0.25) is 9.59 Å². The van der Waals surface area contributed by atoms with E-state index in [4.69, 9.17) is 14.2 Å². The molecule has 2 aromatic rings. The lowest BCUT2D eigenvalue weighted by Crippen LogP contribution is -2.50. The first-order valence-electron chi connectivity index (χ1n) is 14.1. The van der Waals surface area contributed by atoms with E-state index in [-0.39, 0.29) is 23.1 Å². The van der Waals surface area contributed by atoms with Crippen LogP contribution in [0.4, 0.5) is 14.9 Å². The maximum absolute atomic E-state index is 14.5. The standard InChI is InChI=1S/C32H45FIN3O6/c1-30(2,3)19-25(27(38)35-24-15-12-21(34)18-23(24)33)36-28(39)26(37-29(40)43-32(7,8)9)20-10-13-22(14-11-20)41-16-17-42-31(4,5)6/h10-15,18,25-26H,16-17,19H2,1-9H3,(H,35,38)(H,36,39)(H,37,40)/t25-,26?/m0/s1. The lowest BCUT2D eigenvalue weighted by Gasteiger charge is -2.29. The van der Waals surface area contributed by atoms with E-state index in [1.807, 2.05) is 64.1 Å². The number of hydrogen-bond donors (Lipinski definition) is 3. The molecule has 238 valence electrons. The topological polar surface area (TPSA) is 115 Å². The highest BCUT2D eigenvalue weighted by molar-refractivity contribution is 14.1. The number of carbonyl (C=O) groups excluding carboxylic acids is 3. The zero-order valence-corrected chi connectivity index (χ0v) is 28.7. The van der Waals surface area contributed by atoms with Gasteiger partial charge in [0.25, 0.3) is 0 Å². The van der Waals surface area contributed by atoms with Crippen molar-refractivity contribution in [1.82, 2.24) is 10.6 Å². The molecule has 0 aliphatic carbocycles. The molecular weight excluding hydrogens is 668 g/mol. The normalized spacial score (nSPS) is 13.5. The maximum Gasteiger partial charge on any atom is 0.408 e. The smallest absolute Gasteiger partial charge is 0.408 e. The van der Waals surface area contributed by atoms with Crippen LogP contribution in [0.25, 0.3) is 0 Å². The molecule has 9 nitrogen and oxygen atoms in total. The molecule has 1 unspecified atom stereocenters. The number of halogens is 2. The maximum atomic E-state index is 14.5. The second-order valence-electron chi connectivity index (χ2n) is 13.4. The van der Waals surface area contributed by atoms with Gasteiger partial charge in [-0.15, -0.1) is 0 Å². The molecule has 2 atom stereocenters. The van der Waals surface area contributed by atoms with Crippen LogP contribution < -0.4 is 20.7 Å². The van der Waals surface area contributed by atoms with E-state index in [9.17, 15) is 18.8 Å². The van der Waals surface area contributed by atoms with Crippen LogP contribution in [0.1, 0.15) is 80.3 Å². The van der Waals surface area contributed by atoms with Crippen LogP contribution in [0.2, 0.25) is 0 Å². The Morgan fingerprint density at radius 3 is 2.00 bits per heavy atom. The molecule has 0 fully saturated rings. The van der Waals surface area contributed by atoms with Gasteiger partial charge in [-0.25, -0.2) is 9.18 Å². The van der Waals surface area contributed by atoms with Crippen molar-refractivity contribution in [1.29, 1.82) is 0 Å². The summed E-state index contributed by atoms with van der Waals surface area (Å²) in [4.78, 5) is 39.8. The molecule has 43 heavy (non-hydrogen) atoms. The number of ether oxygens (including phenoxy) is 3. The summed E-state index contributed by atoms with van der Waals surface area (Å²) in [6.45, 7) is 17.5. The molecule has 2 aromatic carbocycles. The third-order valence-corrected chi connectivity index (χ3v) is 6.33. The Hall–Kier alpha value is -2.93. The van der Waals surface area contributed by atoms with E-state index in [1.165, 1.54) is 12.1 Å². The minimum absolute atomic E-state index is 0.00509. The van der Waals surface area contributed by atoms with Gasteiger partial charge in [-0.1, -0.05) is 32.9 Å². The van der Waals surface area contributed by atoms with Crippen LogP contribution in [0, 0.1) is 14.8 Å². The van der Waals surface area contributed by atoms with Crippen molar-refractivity contribution in [2.75, 3.05) is 18.5 Å². The van der Waals surface area contributed by atoms with Crippen molar-refractivity contribution < 1.29 is 33.0 Å². The summed E-state index contributed by atoms with van der Waals surface area (Å²) in [5.41, 5.74) is -1.00. The van der Waals surface area contributed by atoms with Crippen molar-refractivity contribution in [3.8, 4) is 5.75 Å². The Balaban J connectivity index is 2.29. The number of hydrogen-bond acceptors (Lipinski definition) is 6. The van der Waals surface area contributed by atoms with Gasteiger partial charge in [0.05, 0.1) is 17.9 Å². The van der Waals surface area contributed by atoms with E-state index in [0.717, 1.165) is 0 Å². The summed E-state index contributed by atoms with van der Waals surface area (Å²) in [7, 11) is 0. The van der Waals surface area contributed by atoms with Gasteiger partial charge in [-0.05, 0) is 112 Å². The molecule has 11 heteroatoms. The van der Waals surface area contributed by atoms with Gasteiger partial charge in [0, 0.05) is 3.57 Å². The van der Waals surface area contributed by atoms with Crippen molar-refractivity contribution >= 4 is 46.2 Å². The van der Waals surface area contributed by atoms with Crippen LogP contribution >= 0.6 is 22.6 Å². The first-order chi connectivity index (χ1) is 19.7. The number of nitrogens with one attached hydrogen (secondary N) is 3. The van der Waals surface area contributed by atoms with Crippen molar-refractivity contribution in [3.05, 3.63) is 57.4 Å². The second-order valence-corrected chi connectivity index (χ2v) is 14.6. The molecule has 0 aliphatic heterocycles. The molecule has 0 saturated carbocycles. The molecule has 0 heterocycles. The highest BCUT2D eigenvalue weighted by Crippen LogP contribution is 2.25. The fourth-order valence-electron chi connectivity index (χ4n) is 3.88. The molecule has 3 amide bonds. The zero-order valence-electron chi connectivity index (χ0n) is 26.5. The number of benzene rings is 2. The molecule has 0 aromatic heterocycles. The van der Waals surface area contributed by atoms with Crippen LogP contribution in [-0.2, 0) is 19.1 Å². The molecule has 0 bridgehead atoms. The number of alkyl carbamates (subject to hydrolysis) is 1. The average Bonchev–Trinajstić information content (AvgIpc) is 2.84. The van der Waals surface area contributed by atoms with Crippen molar-refractivity contribution in [2.24, 2.45) is 5.41 Å². The number of anilines is 1. The van der Waals surface area contributed by atoms with Gasteiger partial charge in [0.15, 0.2) is 0 Å². The Kier molecular flexibility index (Phi) is 12.8. The minimum Gasteiger partial charge on any atom is -0.491 e. The highest BCUT2D eigenvalue weighted by atomic mass is 127. The monoisotopic (exact) mass is 713 g/mol. The molecular formula is C32H45FIN3O6. The lowest BCUT2D eigenvalue weighted by atomic mass is 9.87.